The number of piperidine rings is 1. The van der Waals surface area contributed by atoms with Crippen molar-refractivity contribution in [1.29, 1.82) is 0 Å². The summed E-state index contributed by atoms with van der Waals surface area (Å²) in [4.78, 5) is 14.4. The normalized spacial score (nSPS) is 21.7. The van der Waals surface area contributed by atoms with Crippen LogP contribution in [-0.4, -0.2) is 43.0 Å². The maximum atomic E-state index is 11.9. The van der Waals surface area contributed by atoms with Gasteiger partial charge in [-0.1, -0.05) is 33.6 Å². The molecule has 0 aromatic carbocycles. The molecule has 0 aliphatic carbocycles. The minimum atomic E-state index is -0.368. The van der Waals surface area contributed by atoms with Gasteiger partial charge < -0.3 is 16.0 Å². The van der Waals surface area contributed by atoms with E-state index in [0.29, 0.717) is 5.92 Å². The fourth-order valence-corrected chi connectivity index (χ4v) is 2.55. The minimum absolute atomic E-state index is 0.000144. The summed E-state index contributed by atoms with van der Waals surface area (Å²) in [6.07, 6.45) is 4.94. The first-order valence-corrected chi connectivity index (χ1v) is 7.80. The van der Waals surface area contributed by atoms with Crippen LogP contribution in [0, 0.1) is 11.8 Å². The fourth-order valence-electron chi connectivity index (χ4n) is 2.55. The summed E-state index contributed by atoms with van der Waals surface area (Å²) in [6.45, 7) is 10.5. The molecule has 112 valence electrons. The molecule has 0 saturated carbocycles. The predicted octanol–water partition coefficient (Wildman–Crippen LogP) is 1.60. The molecule has 0 spiro atoms. The van der Waals surface area contributed by atoms with Crippen LogP contribution < -0.4 is 11.1 Å². The Hall–Kier alpha value is -0.610. The third-order valence-electron chi connectivity index (χ3n) is 4.20. The van der Waals surface area contributed by atoms with E-state index in [1.165, 1.54) is 32.4 Å². The van der Waals surface area contributed by atoms with Crippen molar-refractivity contribution < 1.29 is 4.79 Å². The summed E-state index contributed by atoms with van der Waals surface area (Å²) in [5, 5.41) is 3.00. The lowest BCUT2D eigenvalue weighted by atomic mass is 9.99. The van der Waals surface area contributed by atoms with E-state index in [0.717, 1.165) is 19.5 Å². The zero-order chi connectivity index (χ0) is 14.3. The number of carbonyl (C=O) groups is 1. The van der Waals surface area contributed by atoms with Gasteiger partial charge in [0.15, 0.2) is 0 Å². The maximum absolute atomic E-state index is 11.9. The number of nitrogens with one attached hydrogen (secondary N) is 1. The van der Waals surface area contributed by atoms with E-state index in [1.807, 2.05) is 6.92 Å². The van der Waals surface area contributed by atoms with Crippen molar-refractivity contribution in [2.45, 2.75) is 52.5 Å². The number of nitrogens with two attached hydrogens (primary N) is 1. The molecular formula is C15H31N3O. The molecule has 1 fully saturated rings. The molecule has 4 nitrogen and oxygen atoms in total. The molecular weight excluding hydrogens is 238 g/mol. The van der Waals surface area contributed by atoms with E-state index < -0.39 is 0 Å². The van der Waals surface area contributed by atoms with E-state index in [-0.39, 0.29) is 17.9 Å². The summed E-state index contributed by atoms with van der Waals surface area (Å²) in [5.41, 5.74) is 5.92. The summed E-state index contributed by atoms with van der Waals surface area (Å²) >= 11 is 0. The average Bonchev–Trinajstić information content (AvgIpc) is 2.44. The Bertz CT molecular complexity index is 264. The smallest absolute Gasteiger partial charge is 0.237 e. The molecule has 1 aliphatic heterocycles. The molecule has 0 aromatic rings. The lowest BCUT2D eigenvalue weighted by Crippen LogP contribution is -2.46. The first kappa shape index (κ1) is 16.4. The second-order valence-electron chi connectivity index (χ2n) is 6.12. The van der Waals surface area contributed by atoms with Crippen molar-refractivity contribution in [2.24, 2.45) is 17.6 Å². The third kappa shape index (κ3) is 5.91. The van der Waals surface area contributed by atoms with Crippen LogP contribution in [0.3, 0.4) is 0 Å². The van der Waals surface area contributed by atoms with Gasteiger partial charge in [-0.05, 0) is 37.8 Å². The van der Waals surface area contributed by atoms with E-state index in [2.05, 4.69) is 24.1 Å². The minimum Gasteiger partial charge on any atom is -0.354 e. The van der Waals surface area contributed by atoms with Gasteiger partial charge in [-0.3, -0.25) is 4.79 Å². The monoisotopic (exact) mass is 269 g/mol. The van der Waals surface area contributed by atoms with Crippen molar-refractivity contribution in [3.63, 3.8) is 0 Å². The van der Waals surface area contributed by atoms with Crippen LogP contribution in [0.5, 0.6) is 0 Å². The highest BCUT2D eigenvalue weighted by Gasteiger charge is 2.20. The summed E-state index contributed by atoms with van der Waals surface area (Å²) in [5.74, 6) is 0.739. The van der Waals surface area contributed by atoms with Crippen LogP contribution in [0.4, 0.5) is 0 Å². The van der Waals surface area contributed by atoms with Gasteiger partial charge in [0.1, 0.15) is 0 Å². The number of rotatable bonds is 7. The van der Waals surface area contributed by atoms with E-state index in [9.17, 15) is 4.79 Å². The zero-order valence-electron chi connectivity index (χ0n) is 12.8. The van der Waals surface area contributed by atoms with E-state index in [1.54, 1.807) is 0 Å². The van der Waals surface area contributed by atoms with Crippen LogP contribution in [0.15, 0.2) is 0 Å². The van der Waals surface area contributed by atoms with Gasteiger partial charge in [0.25, 0.3) is 0 Å². The molecule has 1 amide bonds. The highest BCUT2D eigenvalue weighted by atomic mass is 16.2. The molecule has 0 bridgehead atoms. The molecule has 19 heavy (non-hydrogen) atoms. The van der Waals surface area contributed by atoms with Gasteiger partial charge in [-0.15, -0.1) is 0 Å². The number of hydrogen-bond acceptors (Lipinski definition) is 3. The molecule has 2 unspecified atom stereocenters. The van der Waals surface area contributed by atoms with E-state index >= 15 is 0 Å². The van der Waals surface area contributed by atoms with Gasteiger partial charge >= 0.3 is 0 Å². The second kappa shape index (κ2) is 8.54. The second-order valence-corrected chi connectivity index (χ2v) is 6.12. The molecule has 4 heteroatoms. The molecule has 0 aromatic heterocycles. The summed E-state index contributed by atoms with van der Waals surface area (Å²) < 4.78 is 0. The van der Waals surface area contributed by atoms with Crippen molar-refractivity contribution >= 4 is 5.91 Å². The van der Waals surface area contributed by atoms with Crippen LogP contribution >= 0.6 is 0 Å². The number of carbonyl (C=O) groups excluding carboxylic acids is 1. The first-order valence-electron chi connectivity index (χ1n) is 7.80. The van der Waals surface area contributed by atoms with Crippen molar-refractivity contribution in [2.75, 3.05) is 26.2 Å². The number of nitrogens with zero attached hydrogens (tertiary/aromatic N) is 1. The van der Waals surface area contributed by atoms with Gasteiger partial charge in [0, 0.05) is 13.1 Å². The van der Waals surface area contributed by atoms with E-state index in [4.69, 9.17) is 5.73 Å². The number of hydrogen-bond donors (Lipinski definition) is 2. The topological polar surface area (TPSA) is 58.4 Å². The Morgan fingerprint density at radius 1 is 1.26 bits per heavy atom. The molecule has 1 rings (SSSR count). The predicted molar refractivity (Wildman–Crippen MR) is 79.9 cm³/mol. The zero-order valence-corrected chi connectivity index (χ0v) is 12.8. The van der Waals surface area contributed by atoms with Crippen molar-refractivity contribution in [3.8, 4) is 0 Å². The number of likely N-dealkylation sites (tertiary alicyclic amines) is 1. The molecule has 1 heterocycles. The van der Waals surface area contributed by atoms with Crippen molar-refractivity contribution in [1.82, 2.24) is 10.2 Å². The van der Waals surface area contributed by atoms with Crippen LogP contribution in [0.2, 0.25) is 0 Å². The highest BCUT2D eigenvalue weighted by molar-refractivity contribution is 5.81. The lowest BCUT2D eigenvalue weighted by molar-refractivity contribution is -0.123. The van der Waals surface area contributed by atoms with Crippen LogP contribution in [0.1, 0.15) is 46.5 Å². The summed E-state index contributed by atoms with van der Waals surface area (Å²) in [6, 6.07) is -0.368. The Balaban J connectivity index is 2.21. The molecule has 1 aliphatic rings. The molecule has 1 saturated heterocycles. The Morgan fingerprint density at radius 3 is 2.47 bits per heavy atom. The largest absolute Gasteiger partial charge is 0.354 e. The lowest BCUT2D eigenvalue weighted by Gasteiger charge is -2.29. The van der Waals surface area contributed by atoms with Crippen molar-refractivity contribution in [3.05, 3.63) is 0 Å². The summed E-state index contributed by atoms with van der Waals surface area (Å²) in [7, 11) is 0. The number of amides is 1. The molecule has 3 atom stereocenters. The Kier molecular flexibility index (Phi) is 7.39. The SMILES string of the molecule is CCC(C)[C@H](N)C(=O)NCC(C)CN1CCCCC1. The maximum Gasteiger partial charge on any atom is 0.237 e. The van der Waals surface area contributed by atoms with Crippen LogP contribution in [-0.2, 0) is 4.79 Å². The van der Waals surface area contributed by atoms with Gasteiger partial charge in [-0.25, -0.2) is 0 Å². The Morgan fingerprint density at radius 2 is 1.89 bits per heavy atom. The average molecular weight is 269 g/mol. The third-order valence-corrected chi connectivity index (χ3v) is 4.20. The van der Waals surface area contributed by atoms with Gasteiger partial charge in [0.2, 0.25) is 5.91 Å². The standard InChI is InChI=1S/C15H31N3O/c1-4-13(3)14(16)15(19)17-10-12(2)11-18-8-6-5-7-9-18/h12-14H,4-11,16H2,1-3H3,(H,17,19)/t12?,13?,14-/m0/s1. The fraction of sp³-hybridized carbons (Fsp3) is 0.933. The van der Waals surface area contributed by atoms with Crippen LogP contribution in [0.25, 0.3) is 0 Å². The van der Waals surface area contributed by atoms with Gasteiger partial charge in [-0.2, -0.15) is 0 Å². The Labute approximate surface area is 118 Å². The highest BCUT2D eigenvalue weighted by Crippen LogP contribution is 2.11. The quantitative estimate of drug-likeness (QED) is 0.738. The molecule has 3 N–H and O–H groups in total. The molecule has 0 radical (unpaired) electrons. The van der Waals surface area contributed by atoms with Gasteiger partial charge in [0.05, 0.1) is 6.04 Å². The first-order chi connectivity index (χ1) is 9.04.